The van der Waals surface area contributed by atoms with Gasteiger partial charge in [-0.05, 0) is 63.9 Å². The van der Waals surface area contributed by atoms with E-state index in [1.165, 1.54) is 11.1 Å². The molecule has 0 saturated heterocycles. The number of carbonyl (C=O) groups is 1. The summed E-state index contributed by atoms with van der Waals surface area (Å²) in [5, 5.41) is 16.0. The zero-order valence-corrected chi connectivity index (χ0v) is 22.4. The minimum Gasteiger partial charge on any atom is -0.350 e. The van der Waals surface area contributed by atoms with Crippen molar-refractivity contribution in [1.29, 1.82) is 0 Å². The molecule has 0 unspecified atom stereocenters. The molecule has 4 rings (SSSR count). The van der Waals surface area contributed by atoms with E-state index >= 15 is 0 Å². The molecule has 0 spiro atoms. The molecule has 0 bridgehead atoms. The number of hydrogen-bond acceptors (Lipinski definition) is 8. The van der Waals surface area contributed by atoms with Gasteiger partial charge in [0.05, 0.1) is 0 Å². The number of aromatic nitrogens is 3. The van der Waals surface area contributed by atoms with Gasteiger partial charge in [-0.2, -0.15) is 4.98 Å². The number of nitrogens with zero attached hydrogens (tertiary/aromatic N) is 3. The summed E-state index contributed by atoms with van der Waals surface area (Å²) in [4.78, 5) is 26.6. The van der Waals surface area contributed by atoms with Crippen molar-refractivity contribution in [2.45, 2.75) is 71.9 Å². The molecule has 2 aromatic heterocycles. The van der Waals surface area contributed by atoms with E-state index in [1.807, 2.05) is 25.3 Å². The summed E-state index contributed by atoms with van der Waals surface area (Å²) >= 11 is 1.58. The van der Waals surface area contributed by atoms with Crippen molar-refractivity contribution in [1.82, 2.24) is 25.6 Å². The van der Waals surface area contributed by atoms with Gasteiger partial charge in [0.25, 0.3) is 5.91 Å². The molecule has 3 heterocycles. The van der Waals surface area contributed by atoms with Crippen LogP contribution >= 0.6 is 11.3 Å². The zero-order chi connectivity index (χ0) is 25.4. The van der Waals surface area contributed by atoms with E-state index in [1.54, 1.807) is 17.5 Å². The Morgan fingerprint density at radius 1 is 1.17 bits per heavy atom. The fourth-order valence-corrected chi connectivity index (χ4v) is 4.90. The first-order valence-corrected chi connectivity index (χ1v) is 12.9. The SMILES string of the molecule is CC(C)NC(=O)c1cnc(Nc2ccc3c(c2)CCNC3(C)C)nc1Nc1csc(C(C)(C)C)n1. The van der Waals surface area contributed by atoms with Gasteiger partial charge in [0.15, 0.2) is 0 Å². The molecule has 0 radical (unpaired) electrons. The molecule has 186 valence electrons. The second kappa shape index (κ2) is 9.54. The van der Waals surface area contributed by atoms with E-state index in [9.17, 15) is 4.79 Å². The predicted octanol–water partition coefficient (Wildman–Crippen LogP) is 5.24. The second-order valence-electron chi connectivity index (χ2n) is 10.8. The summed E-state index contributed by atoms with van der Waals surface area (Å²) in [6.07, 6.45) is 2.52. The summed E-state index contributed by atoms with van der Waals surface area (Å²) in [7, 11) is 0. The Kier molecular flexibility index (Phi) is 6.83. The lowest BCUT2D eigenvalue weighted by Gasteiger charge is -2.34. The summed E-state index contributed by atoms with van der Waals surface area (Å²) in [5.74, 6) is 1.25. The first kappa shape index (κ1) is 25.1. The van der Waals surface area contributed by atoms with Crippen LogP contribution in [0.15, 0.2) is 29.8 Å². The summed E-state index contributed by atoms with van der Waals surface area (Å²) in [6, 6.07) is 6.34. The van der Waals surface area contributed by atoms with Crippen LogP contribution in [0.2, 0.25) is 0 Å². The molecule has 8 nitrogen and oxygen atoms in total. The van der Waals surface area contributed by atoms with Gasteiger partial charge in [-0.15, -0.1) is 11.3 Å². The van der Waals surface area contributed by atoms with Crippen molar-refractivity contribution >= 4 is 40.5 Å². The molecule has 0 atom stereocenters. The molecule has 35 heavy (non-hydrogen) atoms. The zero-order valence-electron chi connectivity index (χ0n) is 21.5. The van der Waals surface area contributed by atoms with Gasteiger partial charge in [0.2, 0.25) is 5.95 Å². The van der Waals surface area contributed by atoms with Crippen LogP contribution in [0.3, 0.4) is 0 Å². The largest absolute Gasteiger partial charge is 0.350 e. The maximum atomic E-state index is 12.8. The normalized spacial score (nSPS) is 15.0. The average molecular weight is 494 g/mol. The highest BCUT2D eigenvalue weighted by atomic mass is 32.1. The number of carbonyl (C=O) groups excluding carboxylic acids is 1. The minimum absolute atomic E-state index is 0.00541. The van der Waals surface area contributed by atoms with Crippen LogP contribution < -0.4 is 21.3 Å². The van der Waals surface area contributed by atoms with Gasteiger partial charge >= 0.3 is 0 Å². The molecule has 1 aliphatic heterocycles. The van der Waals surface area contributed by atoms with Crippen molar-refractivity contribution in [3.8, 4) is 0 Å². The fourth-order valence-electron chi connectivity index (χ4n) is 4.06. The number of anilines is 4. The van der Waals surface area contributed by atoms with Gasteiger partial charge in [-0.3, -0.25) is 4.79 Å². The lowest BCUT2D eigenvalue weighted by atomic mass is 9.85. The Morgan fingerprint density at radius 3 is 2.63 bits per heavy atom. The number of amides is 1. The third-order valence-electron chi connectivity index (χ3n) is 5.84. The Morgan fingerprint density at radius 2 is 1.94 bits per heavy atom. The molecule has 1 aromatic carbocycles. The van der Waals surface area contributed by atoms with Gasteiger partial charge in [-0.25, -0.2) is 9.97 Å². The van der Waals surface area contributed by atoms with Crippen LogP contribution in [0.4, 0.5) is 23.3 Å². The van der Waals surface area contributed by atoms with Gasteiger partial charge in [-0.1, -0.05) is 26.8 Å². The molecule has 0 saturated carbocycles. The quantitative estimate of drug-likeness (QED) is 0.372. The van der Waals surface area contributed by atoms with Gasteiger partial charge < -0.3 is 21.3 Å². The monoisotopic (exact) mass is 493 g/mol. The van der Waals surface area contributed by atoms with Crippen molar-refractivity contribution in [3.05, 3.63) is 51.5 Å². The van der Waals surface area contributed by atoms with Crippen molar-refractivity contribution in [2.24, 2.45) is 0 Å². The molecule has 4 N–H and O–H groups in total. The van der Waals surface area contributed by atoms with E-state index in [-0.39, 0.29) is 22.9 Å². The van der Waals surface area contributed by atoms with Crippen molar-refractivity contribution in [3.63, 3.8) is 0 Å². The van der Waals surface area contributed by atoms with E-state index in [4.69, 9.17) is 4.98 Å². The topological polar surface area (TPSA) is 104 Å². The first-order chi connectivity index (χ1) is 16.4. The standard InChI is InChI=1S/C26H35N7OS/c1-15(2)29-22(34)18-13-27-24(33-21(18)31-20-14-35-23(32-20)25(3,4)5)30-17-8-9-19-16(12-17)10-11-28-26(19,6)7/h8-9,12-15,28H,10-11H2,1-7H3,(H,29,34)(H2,27,30,31,33). The fraction of sp³-hybridized carbons (Fsp3) is 0.462. The highest BCUT2D eigenvalue weighted by Gasteiger charge is 2.27. The van der Waals surface area contributed by atoms with Crippen LogP contribution in [-0.4, -0.2) is 33.4 Å². The summed E-state index contributed by atoms with van der Waals surface area (Å²) in [6.45, 7) is 15.6. The van der Waals surface area contributed by atoms with Crippen LogP contribution in [-0.2, 0) is 17.4 Å². The Hall–Kier alpha value is -3.04. The number of hydrogen-bond donors (Lipinski definition) is 4. The Labute approximate surface area is 211 Å². The third-order valence-corrected chi connectivity index (χ3v) is 7.11. The highest BCUT2D eigenvalue weighted by Crippen LogP contribution is 2.32. The maximum absolute atomic E-state index is 12.8. The third kappa shape index (κ3) is 5.79. The molecule has 0 fully saturated rings. The van der Waals surface area contributed by atoms with Crippen LogP contribution in [0.1, 0.15) is 75.0 Å². The van der Waals surface area contributed by atoms with Gasteiger partial charge in [0.1, 0.15) is 22.2 Å². The summed E-state index contributed by atoms with van der Waals surface area (Å²) in [5.41, 5.74) is 3.78. The van der Waals surface area contributed by atoms with E-state index in [0.29, 0.717) is 23.1 Å². The van der Waals surface area contributed by atoms with Crippen LogP contribution in [0.5, 0.6) is 0 Å². The number of benzene rings is 1. The molecular weight excluding hydrogens is 458 g/mol. The van der Waals surface area contributed by atoms with Gasteiger partial charge in [0, 0.05) is 34.3 Å². The number of fused-ring (bicyclic) bond motifs is 1. The number of thiazole rings is 1. The predicted molar refractivity (Wildman–Crippen MR) is 143 cm³/mol. The van der Waals surface area contributed by atoms with Crippen LogP contribution in [0, 0.1) is 0 Å². The molecule has 1 aliphatic rings. The lowest BCUT2D eigenvalue weighted by Crippen LogP contribution is -2.42. The van der Waals surface area contributed by atoms with Crippen LogP contribution in [0.25, 0.3) is 0 Å². The number of rotatable bonds is 6. The van der Waals surface area contributed by atoms with Crippen molar-refractivity contribution in [2.75, 3.05) is 17.2 Å². The average Bonchev–Trinajstić information content (AvgIpc) is 3.22. The summed E-state index contributed by atoms with van der Waals surface area (Å²) < 4.78 is 0. The van der Waals surface area contributed by atoms with E-state index < -0.39 is 0 Å². The van der Waals surface area contributed by atoms with Crippen molar-refractivity contribution < 1.29 is 4.79 Å². The molecule has 9 heteroatoms. The Balaban J connectivity index is 1.64. The Bertz CT molecular complexity index is 1230. The molecular formula is C26H35N7OS. The highest BCUT2D eigenvalue weighted by molar-refractivity contribution is 7.10. The van der Waals surface area contributed by atoms with E-state index in [0.717, 1.165) is 23.7 Å². The minimum atomic E-state index is -0.233. The second-order valence-corrected chi connectivity index (χ2v) is 11.7. The number of nitrogens with one attached hydrogen (secondary N) is 4. The molecule has 0 aliphatic carbocycles. The maximum Gasteiger partial charge on any atom is 0.256 e. The van der Waals surface area contributed by atoms with E-state index in [2.05, 4.69) is 78.0 Å². The molecule has 1 amide bonds. The first-order valence-electron chi connectivity index (χ1n) is 12.0. The lowest BCUT2D eigenvalue weighted by molar-refractivity contribution is 0.0943. The smallest absolute Gasteiger partial charge is 0.256 e. The molecule has 3 aromatic rings.